The van der Waals surface area contributed by atoms with Crippen molar-refractivity contribution in [3.8, 4) is 5.69 Å². The number of hydrogen-bond donors (Lipinski definition) is 0. The number of aryl methyl sites for hydroxylation is 2. The molecule has 12 heteroatoms. The molecule has 1 aliphatic rings. The lowest BCUT2D eigenvalue weighted by Crippen LogP contribution is -2.50. The number of rotatable bonds is 4. The molecule has 0 spiro atoms. The van der Waals surface area contributed by atoms with Crippen molar-refractivity contribution in [3.05, 3.63) is 69.7 Å². The fourth-order valence-electron chi connectivity index (χ4n) is 3.56. The second-order valence-corrected chi connectivity index (χ2v) is 9.17. The molecule has 10 nitrogen and oxygen atoms in total. The van der Waals surface area contributed by atoms with E-state index in [1.54, 1.807) is 6.92 Å². The average molecular weight is 461 g/mol. The molecule has 1 aromatic carbocycles. The van der Waals surface area contributed by atoms with Crippen LogP contribution in [0.3, 0.4) is 0 Å². The summed E-state index contributed by atoms with van der Waals surface area (Å²) in [7, 11) is -3.80. The van der Waals surface area contributed by atoms with Gasteiger partial charge in [-0.25, -0.2) is 12.8 Å². The van der Waals surface area contributed by atoms with E-state index in [0.29, 0.717) is 5.69 Å². The van der Waals surface area contributed by atoms with Crippen LogP contribution in [0.4, 0.5) is 4.39 Å². The predicted octanol–water partition coefficient (Wildman–Crippen LogP) is 1.12. The zero-order chi connectivity index (χ0) is 23.0. The Morgan fingerprint density at radius 2 is 1.69 bits per heavy atom. The third-order valence-electron chi connectivity index (χ3n) is 5.18. The van der Waals surface area contributed by atoms with E-state index in [9.17, 15) is 22.4 Å². The number of benzene rings is 1. The highest BCUT2D eigenvalue weighted by Gasteiger charge is 2.34. The van der Waals surface area contributed by atoms with Gasteiger partial charge in [0.05, 0.1) is 5.69 Å². The second kappa shape index (κ2) is 8.28. The first-order valence-electron chi connectivity index (χ1n) is 9.77. The van der Waals surface area contributed by atoms with E-state index in [1.165, 1.54) is 52.5 Å². The normalized spacial score (nSPS) is 15.2. The third-order valence-corrected chi connectivity index (χ3v) is 7.33. The van der Waals surface area contributed by atoms with Crippen LogP contribution in [0.5, 0.6) is 0 Å². The van der Waals surface area contributed by atoms with Crippen molar-refractivity contribution >= 4 is 15.9 Å². The first-order valence-corrected chi connectivity index (χ1v) is 11.2. The van der Waals surface area contributed by atoms with Crippen molar-refractivity contribution < 1.29 is 22.1 Å². The van der Waals surface area contributed by atoms with Crippen LogP contribution in [-0.4, -0.2) is 64.6 Å². The van der Waals surface area contributed by atoms with Crippen LogP contribution in [0.25, 0.3) is 5.69 Å². The van der Waals surface area contributed by atoms with E-state index in [1.807, 2.05) is 0 Å². The molecule has 1 fully saturated rings. The van der Waals surface area contributed by atoms with E-state index in [4.69, 9.17) is 4.52 Å². The van der Waals surface area contributed by atoms with Crippen molar-refractivity contribution in [2.24, 2.45) is 0 Å². The maximum atomic E-state index is 13.2. The Labute approximate surface area is 182 Å². The Bertz CT molecular complexity index is 1310. The van der Waals surface area contributed by atoms with Crippen LogP contribution < -0.4 is 5.56 Å². The van der Waals surface area contributed by atoms with Crippen LogP contribution >= 0.6 is 0 Å². The Kier molecular flexibility index (Phi) is 5.65. The van der Waals surface area contributed by atoms with Crippen molar-refractivity contribution in [2.45, 2.75) is 18.7 Å². The van der Waals surface area contributed by atoms with Crippen molar-refractivity contribution in [1.29, 1.82) is 0 Å². The second-order valence-electron chi connectivity index (χ2n) is 7.29. The lowest BCUT2D eigenvalue weighted by Gasteiger charge is -2.33. The molecule has 2 aromatic heterocycles. The molecule has 4 rings (SSSR count). The van der Waals surface area contributed by atoms with Gasteiger partial charge in [0.1, 0.15) is 22.1 Å². The van der Waals surface area contributed by atoms with E-state index in [2.05, 4.69) is 10.3 Å². The zero-order valence-electron chi connectivity index (χ0n) is 17.4. The number of nitrogens with zero attached hydrogens (tertiary/aromatic N) is 5. The Balaban J connectivity index is 1.51. The van der Waals surface area contributed by atoms with Crippen LogP contribution in [0.1, 0.15) is 21.9 Å². The zero-order valence-corrected chi connectivity index (χ0v) is 18.2. The van der Waals surface area contributed by atoms with E-state index in [-0.39, 0.29) is 48.2 Å². The summed E-state index contributed by atoms with van der Waals surface area (Å²) in [6, 6.07) is 7.68. The van der Waals surface area contributed by atoms with Crippen LogP contribution in [-0.2, 0) is 10.0 Å². The van der Waals surface area contributed by atoms with E-state index < -0.39 is 27.3 Å². The highest BCUT2D eigenvalue weighted by atomic mass is 32.2. The Hall–Kier alpha value is -3.38. The van der Waals surface area contributed by atoms with Crippen molar-refractivity contribution in [2.75, 3.05) is 26.2 Å². The largest absolute Gasteiger partial charge is 0.360 e. The molecular weight excluding hydrogens is 441 g/mol. The van der Waals surface area contributed by atoms with Crippen molar-refractivity contribution in [3.63, 3.8) is 0 Å². The molecule has 0 N–H and O–H groups in total. The van der Waals surface area contributed by atoms with E-state index >= 15 is 0 Å². The summed E-state index contributed by atoms with van der Waals surface area (Å²) in [5.41, 5.74) is 0.161. The molecule has 1 amide bonds. The summed E-state index contributed by atoms with van der Waals surface area (Å²) in [4.78, 5) is 26.6. The molecular formula is C20H20FN5O5S. The van der Waals surface area contributed by atoms with Crippen molar-refractivity contribution in [1.82, 2.24) is 24.1 Å². The standard InChI is InChI=1S/C20H20FN5O5S/c1-13-19(14(2)31-23-13)32(29,30)25-11-9-24(10-12-25)20(28)17-7-8-18(27)26(22-17)16-5-3-15(21)4-6-16/h3-8H,9-12H2,1-2H3. The quantitative estimate of drug-likeness (QED) is 0.571. The van der Waals surface area contributed by atoms with Gasteiger partial charge in [-0.05, 0) is 44.2 Å². The van der Waals surface area contributed by atoms with Gasteiger partial charge in [-0.1, -0.05) is 5.16 Å². The maximum absolute atomic E-state index is 13.2. The van der Waals surface area contributed by atoms with Gasteiger partial charge in [-0.15, -0.1) is 0 Å². The molecule has 3 aromatic rings. The van der Waals surface area contributed by atoms with Gasteiger partial charge >= 0.3 is 0 Å². The number of sulfonamides is 1. The molecule has 3 heterocycles. The molecule has 0 atom stereocenters. The number of aromatic nitrogens is 3. The molecule has 0 radical (unpaired) electrons. The number of amides is 1. The van der Waals surface area contributed by atoms with Gasteiger partial charge in [0.15, 0.2) is 5.76 Å². The van der Waals surface area contributed by atoms with Gasteiger partial charge in [0.2, 0.25) is 10.0 Å². The SMILES string of the molecule is Cc1noc(C)c1S(=O)(=O)N1CCN(C(=O)c2ccc(=O)n(-c3ccc(F)cc3)n2)CC1. The monoisotopic (exact) mass is 461 g/mol. The topological polar surface area (TPSA) is 119 Å². The first kappa shape index (κ1) is 21.8. The number of halogens is 1. The number of piperazine rings is 1. The fraction of sp³-hybridized carbons (Fsp3) is 0.300. The summed E-state index contributed by atoms with van der Waals surface area (Å²) >= 11 is 0. The van der Waals surface area contributed by atoms with Crippen LogP contribution in [0.2, 0.25) is 0 Å². The molecule has 0 bridgehead atoms. The summed E-state index contributed by atoms with van der Waals surface area (Å²) in [5, 5.41) is 7.82. The molecule has 1 aliphatic heterocycles. The molecule has 32 heavy (non-hydrogen) atoms. The smallest absolute Gasteiger partial charge is 0.274 e. The maximum Gasteiger partial charge on any atom is 0.274 e. The van der Waals surface area contributed by atoms with E-state index in [0.717, 1.165) is 4.68 Å². The lowest BCUT2D eigenvalue weighted by molar-refractivity contribution is 0.0689. The predicted molar refractivity (Wildman–Crippen MR) is 110 cm³/mol. The minimum atomic E-state index is -3.80. The molecule has 0 unspecified atom stereocenters. The highest BCUT2D eigenvalue weighted by molar-refractivity contribution is 7.89. The van der Waals surface area contributed by atoms with Gasteiger partial charge in [0.25, 0.3) is 11.5 Å². The molecule has 0 aliphatic carbocycles. The minimum Gasteiger partial charge on any atom is -0.360 e. The molecule has 1 saturated heterocycles. The molecule has 168 valence electrons. The third kappa shape index (κ3) is 3.94. The van der Waals surface area contributed by atoms with Crippen LogP contribution in [0, 0.1) is 19.7 Å². The fourth-order valence-corrected chi connectivity index (χ4v) is 5.27. The summed E-state index contributed by atoms with van der Waals surface area (Å²) in [5.74, 6) is -0.679. The number of carbonyl (C=O) groups is 1. The summed E-state index contributed by atoms with van der Waals surface area (Å²) in [6.07, 6.45) is 0. The minimum absolute atomic E-state index is 0.0240. The summed E-state index contributed by atoms with van der Waals surface area (Å²) < 4.78 is 46.4. The van der Waals surface area contributed by atoms with Gasteiger partial charge < -0.3 is 9.42 Å². The highest BCUT2D eigenvalue weighted by Crippen LogP contribution is 2.24. The van der Waals surface area contributed by atoms with Crippen LogP contribution in [0.15, 0.2) is 50.6 Å². The first-order chi connectivity index (χ1) is 15.2. The number of hydrogen-bond acceptors (Lipinski definition) is 7. The van der Waals surface area contributed by atoms with Gasteiger partial charge in [0, 0.05) is 32.2 Å². The summed E-state index contributed by atoms with van der Waals surface area (Å²) in [6.45, 7) is 3.59. The van der Waals surface area contributed by atoms with Gasteiger partial charge in [-0.3, -0.25) is 9.59 Å². The average Bonchev–Trinajstić information content (AvgIpc) is 3.13. The number of carbonyl (C=O) groups excluding carboxylic acids is 1. The Morgan fingerprint density at radius 1 is 1.03 bits per heavy atom. The molecule has 0 saturated carbocycles. The lowest BCUT2D eigenvalue weighted by atomic mass is 10.3. The Morgan fingerprint density at radius 3 is 2.28 bits per heavy atom. The van der Waals surface area contributed by atoms with Gasteiger partial charge in [-0.2, -0.15) is 14.1 Å².